The molecule has 3 nitrogen and oxygen atoms in total. The Morgan fingerprint density at radius 2 is 2.28 bits per heavy atom. The molecular formula is C13H14ClFN2O. The minimum Gasteiger partial charge on any atom is -0.493 e. The van der Waals surface area contributed by atoms with Crippen molar-refractivity contribution in [3.63, 3.8) is 0 Å². The summed E-state index contributed by atoms with van der Waals surface area (Å²) in [5.41, 5.74) is 1.77. The molecule has 1 aromatic heterocycles. The molecule has 96 valence electrons. The van der Waals surface area contributed by atoms with E-state index < -0.39 is 0 Å². The van der Waals surface area contributed by atoms with Gasteiger partial charge in [-0.3, -0.25) is 4.68 Å². The van der Waals surface area contributed by atoms with E-state index in [0.717, 1.165) is 12.0 Å². The van der Waals surface area contributed by atoms with Gasteiger partial charge in [-0.05, 0) is 23.8 Å². The number of aromatic nitrogens is 2. The standard InChI is InChI=1S/C13H14ClFN2O/c1-17-9-10(8-16-17)4-5-18-13-3-2-12(15)6-11(13)7-14/h2-3,6,8-9H,4-5,7H2,1H3. The molecule has 1 heterocycles. The van der Waals surface area contributed by atoms with Crippen LogP contribution in [0.2, 0.25) is 0 Å². The van der Waals surface area contributed by atoms with Crippen LogP contribution in [0.5, 0.6) is 5.75 Å². The van der Waals surface area contributed by atoms with Gasteiger partial charge in [0.2, 0.25) is 0 Å². The molecule has 0 atom stereocenters. The van der Waals surface area contributed by atoms with Gasteiger partial charge in [0.25, 0.3) is 0 Å². The highest BCUT2D eigenvalue weighted by Gasteiger charge is 2.05. The molecule has 0 aliphatic rings. The van der Waals surface area contributed by atoms with Gasteiger partial charge in [-0.2, -0.15) is 5.10 Å². The Labute approximate surface area is 110 Å². The highest BCUT2D eigenvalue weighted by Crippen LogP contribution is 2.21. The van der Waals surface area contributed by atoms with Crippen LogP contribution in [0.25, 0.3) is 0 Å². The summed E-state index contributed by atoms with van der Waals surface area (Å²) in [4.78, 5) is 0. The normalized spacial score (nSPS) is 10.6. The highest BCUT2D eigenvalue weighted by molar-refractivity contribution is 6.17. The number of nitrogens with zero attached hydrogens (tertiary/aromatic N) is 2. The van der Waals surface area contributed by atoms with Gasteiger partial charge in [0.15, 0.2) is 0 Å². The van der Waals surface area contributed by atoms with Crippen molar-refractivity contribution in [3.8, 4) is 5.75 Å². The van der Waals surface area contributed by atoms with Crippen molar-refractivity contribution in [2.75, 3.05) is 6.61 Å². The van der Waals surface area contributed by atoms with E-state index in [2.05, 4.69) is 5.10 Å². The molecule has 0 saturated carbocycles. The third-order valence-corrected chi connectivity index (χ3v) is 2.86. The first kappa shape index (κ1) is 12.9. The third-order valence-electron chi connectivity index (χ3n) is 2.57. The van der Waals surface area contributed by atoms with E-state index in [-0.39, 0.29) is 11.7 Å². The lowest BCUT2D eigenvalue weighted by atomic mass is 10.2. The first-order valence-corrected chi connectivity index (χ1v) is 6.17. The van der Waals surface area contributed by atoms with Crippen LogP contribution in [0, 0.1) is 5.82 Å². The van der Waals surface area contributed by atoms with E-state index >= 15 is 0 Å². The van der Waals surface area contributed by atoms with Crippen LogP contribution in [0.4, 0.5) is 4.39 Å². The number of hydrogen-bond acceptors (Lipinski definition) is 2. The summed E-state index contributed by atoms with van der Waals surface area (Å²) >= 11 is 5.74. The fourth-order valence-electron chi connectivity index (χ4n) is 1.67. The van der Waals surface area contributed by atoms with Crippen molar-refractivity contribution in [3.05, 3.63) is 47.5 Å². The topological polar surface area (TPSA) is 27.1 Å². The zero-order valence-corrected chi connectivity index (χ0v) is 10.8. The first-order valence-electron chi connectivity index (χ1n) is 5.64. The number of hydrogen-bond donors (Lipinski definition) is 0. The Morgan fingerprint density at radius 3 is 2.94 bits per heavy atom. The van der Waals surface area contributed by atoms with Crippen molar-refractivity contribution in [2.24, 2.45) is 7.05 Å². The second-order valence-electron chi connectivity index (χ2n) is 4.01. The van der Waals surface area contributed by atoms with Crippen LogP contribution in [-0.4, -0.2) is 16.4 Å². The van der Waals surface area contributed by atoms with Crippen molar-refractivity contribution in [1.82, 2.24) is 9.78 Å². The fourth-order valence-corrected chi connectivity index (χ4v) is 1.88. The maximum Gasteiger partial charge on any atom is 0.123 e. The predicted molar refractivity (Wildman–Crippen MR) is 68.4 cm³/mol. The summed E-state index contributed by atoms with van der Waals surface area (Å²) in [5, 5.41) is 4.08. The summed E-state index contributed by atoms with van der Waals surface area (Å²) in [5.74, 6) is 0.570. The molecule has 5 heteroatoms. The van der Waals surface area contributed by atoms with E-state index in [0.29, 0.717) is 17.9 Å². The zero-order valence-electron chi connectivity index (χ0n) is 10.1. The zero-order chi connectivity index (χ0) is 13.0. The van der Waals surface area contributed by atoms with Gasteiger partial charge in [-0.1, -0.05) is 0 Å². The van der Waals surface area contributed by atoms with E-state index in [4.69, 9.17) is 16.3 Å². The maximum atomic E-state index is 13.0. The van der Waals surface area contributed by atoms with Crippen molar-refractivity contribution < 1.29 is 9.13 Å². The largest absolute Gasteiger partial charge is 0.493 e. The van der Waals surface area contributed by atoms with Gasteiger partial charge in [0, 0.05) is 25.2 Å². The Bertz CT molecular complexity index is 527. The summed E-state index contributed by atoms with van der Waals surface area (Å²) in [6, 6.07) is 4.37. The summed E-state index contributed by atoms with van der Waals surface area (Å²) < 4.78 is 20.4. The molecule has 0 N–H and O–H groups in total. The molecule has 0 amide bonds. The molecule has 1 aromatic carbocycles. The fraction of sp³-hybridized carbons (Fsp3) is 0.308. The van der Waals surface area contributed by atoms with Crippen LogP contribution in [0.3, 0.4) is 0 Å². The summed E-state index contributed by atoms with van der Waals surface area (Å²) in [6.07, 6.45) is 4.50. The molecule has 0 aliphatic carbocycles. The average molecular weight is 269 g/mol. The molecule has 0 fully saturated rings. The average Bonchev–Trinajstić information content (AvgIpc) is 2.77. The quantitative estimate of drug-likeness (QED) is 0.780. The van der Waals surface area contributed by atoms with E-state index in [1.807, 2.05) is 13.2 Å². The van der Waals surface area contributed by atoms with Crippen LogP contribution in [0.1, 0.15) is 11.1 Å². The molecule has 2 aromatic rings. The van der Waals surface area contributed by atoms with Gasteiger partial charge in [-0.15, -0.1) is 11.6 Å². The number of aryl methyl sites for hydroxylation is 1. The Hall–Kier alpha value is -1.55. The lowest BCUT2D eigenvalue weighted by molar-refractivity contribution is 0.319. The van der Waals surface area contributed by atoms with Gasteiger partial charge < -0.3 is 4.74 Å². The maximum absolute atomic E-state index is 13.0. The van der Waals surface area contributed by atoms with Crippen LogP contribution < -0.4 is 4.74 Å². The van der Waals surface area contributed by atoms with Crippen molar-refractivity contribution >= 4 is 11.6 Å². The van der Waals surface area contributed by atoms with Crippen LogP contribution in [0.15, 0.2) is 30.6 Å². The molecular weight excluding hydrogens is 255 g/mol. The molecule has 0 radical (unpaired) electrons. The third kappa shape index (κ3) is 3.23. The van der Waals surface area contributed by atoms with Crippen LogP contribution in [-0.2, 0) is 19.3 Å². The molecule has 18 heavy (non-hydrogen) atoms. The minimum atomic E-state index is -0.301. The number of halogens is 2. The smallest absolute Gasteiger partial charge is 0.123 e. The summed E-state index contributed by atoms with van der Waals surface area (Å²) in [7, 11) is 1.87. The second kappa shape index (κ2) is 5.87. The van der Waals surface area contributed by atoms with E-state index in [9.17, 15) is 4.39 Å². The Morgan fingerprint density at radius 1 is 1.44 bits per heavy atom. The van der Waals surface area contributed by atoms with E-state index in [1.54, 1.807) is 16.9 Å². The summed E-state index contributed by atoms with van der Waals surface area (Å²) in [6.45, 7) is 0.515. The SMILES string of the molecule is Cn1cc(CCOc2ccc(F)cc2CCl)cn1. The number of alkyl halides is 1. The minimum absolute atomic E-state index is 0.236. The van der Waals surface area contributed by atoms with Crippen molar-refractivity contribution in [2.45, 2.75) is 12.3 Å². The van der Waals surface area contributed by atoms with Gasteiger partial charge in [-0.25, -0.2) is 4.39 Å². The number of ether oxygens (including phenoxy) is 1. The highest BCUT2D eigenvalue weighted by atomic mass is 35.5. The monoisotopic (exact) mass is 268 g/mol. The molecule has 0 spiro atoms. The Kier molecular flexibility index (Phi) is 4.20. The predicted octanol–water partition coefficient (Wildman–Crippen LogP) is 2.92. The number of benzene rings is 1. The molecule has 0 bridgehead atoms. The molecule has 0 saturated heterocycles. The Balaban J connectivity index is 1.94. The molecule has 2 rings (SSSR count). The van der Waals surface area contributed by atoms with Gasteiger partial charge in [0.1, 0.15) is 11.6 Å². The number of rotatable bonds is 5. The molecule has 0 aliphatic heterocycles. The second-order valence-corrected chi connectivity index (χ2v) is 4.27. The van der Waals surface area contributed by atoms with Gasteiger partial charge in [0.05, 0.1) is 18.7 Å². The lowest BCUT2D eigenvalue weighted by Crippen LogP contribution is -2.02. The molecule has 0 unspecified atom stereocenters. The van der Waals surface area contributed by atoms with Gasteiger partial charge >= 0.3 is 0 Å². The van der Waals surface area contributed by atoms with E-state index in [1.165, 1.54) is 12.1 Å². The van der Waals surface area contributed by atoms with Crippen LogP contribution >= 0.6 is 11.6 Å². The van der Waals surface area contributed by atoms with Crippen molar-refractivity contribution in [1.29, 1.82) is 0 Å². The first-order chi connectivity index (χ1) is 8.69. The lowest BCUT2D eigenvalue weighted by Gasteiger charge is -2.09.